The summed E-state index contributed by atoms with van der Waals surface area (Å²) in [6.07, 6.45) is 0.302. The summed E-state index contributed by atoms with van der Waals surface area (Å²) in [5.41, 5.74) is 0.580. The summed E-state index contributed by atoms with van der Waals surface area (Å²) >= 11 is 0. The van der Waals surface area contributed by atoms with E-state index in [9.17, 15) is 27.6 Å². The van der Waals surface area contributed by atoms with Crippen LogP contribution in [-0.4, -0.2) is 120 Å². The minimum absolute atomic E-state index is 0.0278. The van der Waals surface area contributed by atoms with Crippen molar-refractivity contribution in [2.75, 3.05) is 71.8 Å². The number of carboxylic acids is 1. The van der Waals surface area contributed by atoms with Crippen LogP contribution in [-0.2, 0) is 54.4 Å². The van der Waals surface area contributed by atoms with Crippen molar-refractivity contribution in [3.8, 4) is 0 Å². The van der Waals surface area contributed by atoms with Crippen LogP contribution in [0.1, 0.15) is 28.8 Å². The Labute approximate surface area is 231 Å². The predicted octanol–water partition coefficient (Wildman–Crippen LogP) is -0.611. The fourth-order valence-corrected chi connectivity index (χ4v) is 5.56. The molecule has 1 fully saturated rings. The molecule has 0 saturated carbocycles. The van der Waals surface area contributed by atoms with Gasteiger partial charge in [0, 0.05) is 24.1 Å². The van der Waals surface area contributed by atoms with Crippen molar-refractivity contribution < 1.29 is 56.4 Å². The number of carboxylic acid groups (broad SMARTS) is 1. The van der Waals surface area contributed by atoms with E-state index < -0.39 is 39.6 Å². The number of carbonyl (C=O) groups excluding carboxylic acids is 3. The molecule has 222 valence electrons. The monoisotopic (exact) mass is 586 g/mol. The van der Waals surface area contributed by atoms with Crippen LogP contribution in [0, 0.1) is 0 Å². The lowest BCUT2D eigenvalue weighted by atomic mass is 10.0. The number of nitrogens with one attached hydrogen (secondary N) is 1. The highest BCUT2D eigenvalue weighted by molar-refractivity contribution is 7.91. The smallest absolute Gasteiger partial charge is 0.329 e. The Morgan fingerprint density at radius 1 is 0.900 bits per heavy atom. The van der Waals surface area contributed by atoms with Crippen molar-refractivity contribution in [2.45, 2.75) is 30.3 Å². The number of benzene rings is 1. The van der Waals surface area contributed by atoms with Crippen LogP contribution in [0.25, 0.3) is 0 Å². The molecule has 0 bridgehead atoms. The lowest BCUT2D eigenvalue weighted by molar-refractivity contribution is -0.143. The van der Waals surface area contributed by atoms with Gasteiger partial charge in [0.2, 0.25) is 11.8 Å². The van der Waals surface area contributed by atoms with Gasteiger partial charge in [0.1, 0.15) is 12.6 Å². The van der Waals surface area contributed by atoms with Gasteiger partial charge < -0.3 is 33.7 Å². The average Bonchev–Trinajstić information content (AvgIpc) is 3.24. The van der Waals surface area contributed by atoms with E-state index in [-0.39, 0.29) is 75.2 Å². The summed E-state index contributed by atoms with van der Waals surface area (Å²) < 4.78 is 52.2. The molecule has 1 saturated heterocycles. The van der Waals surface area contributed by atoms with Gasteiger partial charge in [-0.1, -0.05) is 6.07 Å². The van der Waals surface area contributed by atoms with Crippen molar-refractivity contribution in [3.05, 3.63) is 29.3 Å². The Kier molecular flexibility index (Phi) is 12.4. The second-order valence-electron chi connectivity index (χ2n) is 8.90. The lowest BCUT2D eigenvalue weighted by Crippen LogP contribution is -2.52. The molecule has 0 radical (unpaired) electrons. The lowest BCUT2D eigenvalue weighted by Gasteiger charge is -2.29. The van der Waals surface area contributed by atoms with Gasteiger partial charge >= 0.3 is 5.97 Å². The number of nitrogens with zero attached hydrogens (tertiary/aromatic N) is 1. The predicted molar refractivity (Wildman–Crippen MR) is 136 cm³/mol. The highest BCUT2D eigenvalue weighted by Gasteiger charge is 2.41. The summed E-state index contributed by atoms with van der Waals surface area (Å²) in [6, 6.07) is 3.65. The zero-order valence-electron chi connectivity index (χ0n) is 22.0. The second-order valence-corrected chi connectivity index (χ2v) is 11.0. The topological polar surface area (TPSA) is 184 Å². The molecule has 40 heavy (non-hydrogen) atoms. The summed E-state index contributed by atoms with van der Waals surface area (Å²) in [4.78, 5) is 48.3. The first-order valence-electron chi connectivity index (χ1n) is 12.8. The van der Waals surface area contributed by atoms with E-state index in [4.69, 9.17) is 28.8 Å². The van der Waals surface area contributed by atoms with Crippen LogP contribution in [0.5, 0.6) is 0 Å². The van der Waals surface area contributed by atoms with Gasteiger partial charge in [0.05, 0.1) is 70.1 Å². The van der Waals surface area contributed by atoms with Crippen LogP contribution in [0.15, 0.2) is 23.1 Å². The number of hydrogen-bond acceptors (Lipinski definition) is 11. The fourth-order valence-electron chi connectivity index (χ4n) is 4.17. The minimum atomic E-state index is -3.77. The van der Waals surface area contributed by atoms with Gasteiger partial charge in [-0.15, -0.1) is 0 Å². The number of hydrogen-bond donors (Lipinski definition) is 2. The van der Waals surface area contributed by atoms with Gasteiger partial charge in [0.25, 0.3) is 5.91 Å². The molecule has 2 heterocycles. The maximum absolute atomic E-state index is 13.0. The highest BCUT2D eigenvalue weighted by Crippen LogP contribution is 2.32. The number of imide groups is 1. The Hall–Kier alpha value is -2.95. The molecule has 14 nitrogen and oxygen atoms in total. The third kappa shape index (κ3) is 9.31. The number of carbonyl (C=O) groups is 4. The first-order chi connectivity index (χ1) is 19.2. The van der Waals surface area contributed by atoms with E-state index in [1.165, 1.54) is 23.1 Å². The maximum Gasteiger partial charge on any atom is 0.329 e. The standard InChI is InChI=1S/C25H34N2O12S/c28-22-5-4-20(24(31)26-22)27-16-19-18(25(27)32)2-1-3-21(19)40(33,34)15-14-38-11-10-36-7-6-35-8-9-37-12-13-39-17-23(29)30/h1-3,20H,4-17H2,(H,29,30)(H,26,28,31). The van der Waals surface area contributed by atoms with E-state index >= 15 is 0 Å². The molecule has 15 heteroatoms. The van der Waals surface area contributed by atoms with Gasteiger partial charge in [-0.05, 0) is 18.6 Å². The second kappa shape index (κ2) is 15.7. The van der Waals surface area contributed by atoms with E-state index in [0.29, 0.717) is 32.0 Å². The van der Waals surface area contributed by atoms with Crippen molar-refractivity contribution in [3.63, 3.8) is 0 Å². The molecule has 2 aliphatic rings. The Balaban J connectivity index is 1.30. The minimum Gasteiger partial charge on any atom is -0.480 e. The quantitative estimate of drug-likeness (QED) is 0.155. The molecule has 1 aromatic rings. The van der Waals surface area contributed by atoms with Gasteiger partial charge in [0.15, 0.2) is 9.84 Å². The Morgan fingerprint density at radius 2 is 1.48 bits per heavy atom. The molecule has 0 aromatic heterocycles. The summed E-state index contributed by atoms with van der Waals surface area (Å²) in [5.74, 6) is -2.72. The molecule has 1 atom stereocenters. The van der Waals surface area contributed by atoms with Crippen LogP contribution >= 0.6 is 0 Å². The van der Waals surface area contributed by atoms with E-state index in [2.05, 4.69) is 5.32 Å². The van der Waals surface area contributed by atoms with Crippen molar-refractivity contribution in [1.29, 1.82) is 0 Å². The molecular weight excluding hydrogens is 552 g/mol. The normalized spacial score (nSPS) is 17.2. The van der Waals surface area contributed by atoms with Crippen LogP contribution in [0.2, 0.25) is 0 Å². The van der Waals surface area contributed by atoms with Crippen molar-refractivity contribution >= 4 is 33.5 Å². The molecule has 1 aromatic carbocycles. The van der Waals surface area contributed by atoms with Gasteiger partial charge in [-0.25, -0.2) is 13.2 Å². The van der Waals surface area contributed by atoms with Crippen LogP contribution in [0.4, 0.5) is 0 Å². The Morgan fingerprint density at radius 3 is 2.05 bits per heavy atom. The number of rotatable bonds is 19. The first kappa shape index (κ1) is 31.6. The number of fused-ring (bicyclic) bond motifs is 1. The Bertz CT molecular complexity index is 1160. The number of sulfone groups is 1. The molecule has 3 rings (SSSR count). The number of aliphatic carboxylic acids is 1. The molecule has 0 aliphatic carbocycles. The van der Waals surface area contributed by atoms with E-state index in [1.807, 2.05) is 0 Å². The summed E-state index contributed by atoms with van der Waals surface area (Å²) in [6.45, 7) is 1.76. The summed E-state index contributed by atoms with van der Waals surface area (Å²) in [7, 11) is -3.77. The van der Waals surface area contributed by atoms with Gasteiger partial charge in [-0.3, -0.25) is 19.7 Å². The maximum atomic E-state index is 13.0. The number of amides is 3. The highest BCUT2D eigenvalue weighted by atomic mass is 32.2. The zero-order valence-corrected chi connectivity index (χ0v) is 22.8. The summed E-state index contributed by atoms with van der Waals surface area (Å²) in [5, 5.41) is 10.7. The van der Waals surface area contributed by atoms with E-state index in [0.717, 1.165) is 0 Å². The first-order valence-corrected chi connectivity index (χ1v) is 14.5. The SMILES string of the molecule is O=C(O)COCCOCCOCCOCCOCCS(=O)(=O)c1cccc2c1CN(C1CCC(=O)NC1=O)C2=O. The fraction of sp³-hybridized carbons (Fsp3) is 0.600. The number of piperidine rings is 1. The largest absolute Gasteiger partial charge is 0.480 e. The molecule has 0 spiro atoms. The molecular formula is C25H34N2O12S. The third-order valence-electron chi connectivity index (χ3n) is 6.08. The zero-order chi connectivity index (χ0) is 29.0. The average molecular weight is 587 g/mol. The van der Waals surface area contributed by atoms with Crippen LogP contribution in [0.3, 0.4) is 0 Å². The molecule has 3 amide bonds. The van der Waals surface area contributed by atoms with Crippen LogP contribution < -0.4 is 5.32 Å². The third-order valence-corrected chi connectivity index (χ3v) is 7.84. The molecule has 1 unspecified atom stereocenters. The number of ether oxygens (including phenoxy) is 5. The van der Waals surface area contributed by atoms with Gasteiger partial charge in [-0.2, -0.15) is 0 Å². The molecule has 2 aliphatic heterocycles. The molecule has 2 N–H and O–H groups in total. The van der Waals surface area contributed by atoms with Crippen molar-refractivity contribution in [2.24, 2.45) is 0 Å². The van der Waals surface area contributed by atoms with E-state index in [1.54, 1.807) is 0 Å². The van der Waals surface area contributed by atoms with Crippen molar-refractivity contribution in [1.82, 2.24) is 10.2 Å².